The molecule has 116 valence electrons. The fourth-order valence-corrected chi connectivity index (χ4v) is 3.12. The molecule has 0 spiro atoms. The lowest BCUT2D eigenvalue weighted by molar-refractivity contribution is 0.398. The average Bonchev–Trinajstić information content (AvgIpc) is 3.13. The number of sulfonamides is 1. The summed E-state index contributed by atoms with van der Waals surface area (Å²) in [6, 6.07) is 2.71. The fraction of sp³-hybridized carbons (Fsp3) is 0.462. The van der Waals surface area contributed by atoms with Gasteiger partial charge in [0.25, 0.3) is 10.0 Å². The highest BCUT2D eigenvalue weighted by Crippen LogP contribution is 2.19. The van der Waals surface area contributed by atoms with Crippen LogP contribution in [0.1, 0.15) is 37.9 Å². The van der Waals surface area contributed by atoms with Crippen LogP contribution in [-0.4, -0.2) is 24.9 Å². The molecule has 0 saturated carbocycles. The molecule has 1 unspecified atom stereocenters. The van der Waals surface area contributed by atoms with Crippen LogP contribution in [-0.2, 0) is 16.6 Å². The zero-order chi connectivity index (χ0) is 15.3. The number of furan rings is 1. The molecular formula is C13H20N4O3S. The van der Waals surface area contributed by atoms with E-state index in [4.69, 9.17) is 4.42 Å². The van der Waals surface area contributed by atoms with Gasteiger partial charge in [-0.05, 0) is 25.1 Å². The average molecular weight is 312 g/mol. The molecule has 7 nitrogen and oxygen atoms in total. The minimum Gasteiger partial charge on any atom is -0.447 e. The van der Waals surface area contributed by atoms with Crippen LogP contribution in [0.25, 0.3) is 0 Å². The Hall–Kier alpha value is -1.64. The number of aromatic amines is 1. The number of hydrogen-bond donors (Lipinski definition) is 3. The highest BCUT2D eigenvalue weighted by molar-refractivity contribution is 7.89. The molecule has 3 N–H and O–H groups in total. The van der Waals surface area contributed by atoms with Crippen molar-refractivity contribution in [1.29, 1.82) is 0 Å². The molecule has 0 bridgehead atoms. The molecule has 0 amide bonds. The summed E-state index contributed by atoms with van der Waals surface area (Å²) in [4.78, 5) is 7.00. The number of rotatable bonds is 8. The van der Waals surface area contributed by atoms with Crippen LogP contribution in [0.15, 0.2) is 34.0 Å². The Balaban J connectivity index is 2.12. The lowest BCUT2D eigenvalue weighted by atomic mass is 10.2. The lowest BCUT2D eigenvalue weighted by Crippen LogP contribution is -2.28. The molecule has 2 aromatic rings. The van der Waals surface area contributed by atoms with E-state index in [-0.39, 0.29) is 5.09 Å². The molecule has 21 heavy (non-hydrogen) atoms. The summed E-state index contributed by atoms with van der Waals surface area (Å²) in [7, 11) is -3.71. The first-order valence-corrected chi connectivity index (χ1v) is 8.36. The third-order valence-corrected chi connectivity index (χ3v) is 4.35. The van der Waals surface area contributed by atoms with E-state index in [0.717, 1.165) is 6.54 Å². The summed E-state index contributed by atoms with van der Waals surface area (Å²) >= 11 is 0. The first-order chi connectivity index (χ1) is 10.1. The van der Waals surface area contributed by atoms with Crippen molar-refractivity contribution in [3.63, 3.8) is 0 Å². The van der Waals surface area contributed by atoms with Crippen molar-refractivity contribution in [3.8, 4) is 0 Å². The minimum absolute atomic E-state index is 0.0830. The second-order valence-corrected chi connectivity index (χ2v) is 6.20. The second-order valence-electron chi connectivity index (χ2n) is 4.56. The molecule has 2 aromatic heterocycles. The van der Waals surface area contributed by atoms with Gasteiger partial charge < -0.3 is 14.7 Å². The molecule has 0 aliphatic heterocycles. The zero-order valence-corrected chi connectivity index (χ0v) is 12.9. The van der Waals surface area contributed by atoms with Gasteiger partial charge in [-0.1, -0.05) is 13.8 Å². The van der Waals surface area contributed by atoms with Crippen molar-refractivity contribution < 1.29 is 12.8 Å². The van der Waals surface area contributed by atoms with E-state index in [1.54, 1.807) is 18.5 Å². The molecular weight excluding hydrogens is 292 g/mol. The molecule has 0 radical (unpaired) electrons. The molecule has 0 saturated heterocycles. The van der Waals surface area contributed by atoms with Crippen LogP contribution in [0, 0.1) is 0 Å². The Kier molecular flexibility index (Phi) is 5.16. The van der Waals surface area contributed by atoms with E-state index >= 15 is 0 Å². The van der Waals surface area contributed by atoms with Gasteiger partial charge in [0.2, 0.25) is 5.09 Å². The van der Waals surface area contributed by atoms with Crippen LogP contribution in [0.5, 0.6) is 0 Å². The van der Waals surface area contributed by atoms with E-state index in [1.807, 2.05) is 13.8 Å². The Morgan fingerprint density at radius 1 is 1.38 bits per heavy atom. The van der Waals surface area contributed by atoms with Gasteiger partial charge in [0.1, 0.15) is 11.6 Å². The highest BCUT2D eigenvalue weighted by Gasteiger charge is 2.24. The first-order valence-electron chi connectivity index (χ1n) is 6.87. The molecule has 2 rings (SSSR count). The smallest absolute Gasteiger partial charge is 0.274 e. The molecule has 0 aromatic carbocycles. The zero-order valence-electron chi connectivity index (χ0n) is 12.1. The monoisotopic (exact) mass is 312 g/mol. The SMILES string of the molecule is CCNCc1ccc(S(=O)(=O)NC(CC)c2ncc[nH]2)o1. The number of H-pyrrole nitrogens is 1. The van der Waals surface area contributed by atoms with Gasteiger partial charge in [0, 0.05) is 12.4 Å². The molecule has 0 aliphatic rings. The Labute approximate surface area is 124 Å². The van der Waals surface area contributed by atoms with E-state index < -0.39 is 16.1 Å². The number of nitrogens with one attached hydrogen (secondary N) is 3. The molecule has 1 atom stereocenters. The third kappa shape index (κ3) is 3.93. The summed E-state index contributed by atoms with van der Waals surface area (Å²) in [6.07, 6.45) is 3.83. The van der Waals surface area contributed by atoms with Crippen molar-refractivity contribution in [1.82, 2.24) is 20.0 Å². The third-order valence-electron chi connectivity index (χ3n) is 3.01. The minimum atomic E-state index is -3.71. The normalized spacial score (nSPS) is 13.4. The summed E-state index contributed by atoms with van der Waals surface area (Å²) in [5.41, 5.74) is 0. The molecule has 8 heteroatoms. The number of hydrogen-bond acceptors (Lipinski definition) is 5. The quantitative estimate of drug-likeness (QED) is 0.686. The van der Waals surface area contributed by atoms with E-state index in [1.165, 1.54) is 6.07 Å². The number of nitrogens with zero attached hydrogens (tertiary/aromatic N) is 1. The van der Waals surface area contributed by atoms with Crippen molar-refractivity contribution in [2.24, 2.45) is 0 Å². The van der Waals surface area contributed by atoms with E-state index in [0.29, 0.717) is 24.6 Å². The molecule has 2 heterocycles. The second kappa shape index (κ2) is 6.88. The first kappa shape index (κ1) is 15.7. The standard InChI is InChI=1S/C13H20N4O3S/c1-3-11(13-15-7-8-16-13)17-21(18,19)12-6-5-10(20-12)9-14-4-2/h5-8,11,14,17H,3-4,9H2,1-2H3,(H,15,16). The summed E-state index contributed by atoms with van der Waals surface area (Å²) < 4.78 is 32.6. The number of imidazole rings is 1. The Bertz CT molecular complexity index is 649. The van der Waals surface area contributed by atoms with Crippen molar-refractivity contribution in [3.05, 3.63) is 36.1 Å². The van der Waals surface area contributed by atoms with Crippen LogP contribution in [0.3, 0.4) is 0 Å². The van der Waals surface area contributed by atoms with Gasteiger partial charge in [-0.3, -0.25) is 0 Å². The van der Waals surface area contributed by atoms with Gasteiger partial charge in [-0.2, -0.15) is 4.72 Å². The van der Waals surface area contributed by atoms with E-state index in [2.05, 4.69) is 20.0 Å². The maximum absolute atomic E-state index is 12.3. The maximum atomic E-state index is 12.3. The lowest BCUT2D eigenvalue weighted by Gasteiger charge is -2.13. The van der Waals surface area contributed by atoms with Crippen LogP contribution in [0.2, 0.25) is 0 Å². The van der Waals surface area contributed by atoms with Gasteiger partial charge in [0.05, 0.1) is 12.6 Å². The summed E-state index contributed by atoms with van der Waals surface area (Å²) in [5, 5.41) is 3.00. The summed E-state index contributed by atoms with van der Waals surface area (Å²) in [6.45, 7) is 5.14. The van der Waals surface area contributed by atoms with E-state index in [9.17, 15) is 8.42 Å². The van der Waals surface area contributed by atoms with Gasteiger partial charge in [-0.15, -0.1) is 0 Å². The van der Waals surface area contributed by atoms with Gasteiger partial charge >= 0.3 is 0 Å². The molecule has 0 fully saturated rings. The maximum Gasteiger partial charge on any atom is 0.274 e. The summed E-state index contributed by atoms with van der Waals surface area (Å²) in [5.74, 6) is 1.17. The fourth-order valence-electron chi connectivity index (χ4n) is 1.89. The largest absolute Gasteiger partial charge is 0.447 e. The molecule has 0 aliphatic carbocycles. The van der Waals surface area contributed by atoms with Crippen molar-refractivity contribution >= 4 is 10.0 Å². The predicted molar refractivity (Wildman–Crippen MR) is 78.0 cm³/mol. The van der Waals surface area contributed by atoms with Crippen LogP contribution >= 0.6 is 0 Å². The Morgan fingerprint density at radius 2 is 2.19 bits per heavy atom. The van der Waals surface area contributed by atoms with Crippen LogP contribution < -0.4 is 10.0 Å². The predicted octanol–water partition coefficient (Wildman–Crippen LogP) is 1.54. The van der Waals surface area contributed by atoms with Gasteiger partial charge in [-0.25, -0.2) is 13.4 Å². The topological polar surface area (TPSA) is 100 Å². The van der Waals surface area contributed by atoms with Gasteiger partial charge in [0.15, 0.2) is 0 Å². The van der Waals surface area contributed by atoms with Crippen LogP contribution in [0.4, 0.5) is 0 Å². The highest BCUT2D eigenvalue weighted by atomic mass is 32.2. The van der Waals surface area contributed by atoms with Crippen molar-refractivity contribution in [2.75, 3.05) is 6.54 Å². The van der Waals surface area contributed by atoms with Crippen molar-refractivity contribution in [2.45, 2.75) is 37.9 Å². The number of aromatic nitrogens is 2. The Morgan fingerprint density at radius 3 is 2.81 bits per heavy atom.